The molecule has 0 aliphatic rings. The zero-order chi connectivity index (χ0) is 18.8. The Balaban J connectivity index is 1.73. The first-order valence-corrected chi connectivity index (χ1v) is 8.18. The summed E-state index contributed by atoms with van der Waals surface area (Å²) in [5.74, 6) is 0.205. The second-order valence-corrected chi connectivity index (χ2v) is 5.41. The standard InChI is InChI=1S/C20H21NO5/c1-2-19(22)25-14-4-3-13-24-17-9-5-15(6-10-17)20(23)26-18-11-7-16(21)8-12-18/h2,5-12H,1,3-4,13-14,21H2. The van der Waals surface area contributed by atoms with E-state index in [1.165, 1.54) is 0 Å². The Labute approximate surface area is 152 Å². The summed E-state index contributed by atoms with van der Waals surface area (Å²) in [5, 5.41) is 0. The maximum atomic E-state index is 12.1. The third kappa shape index (κ3) is 6.32. The summed E-state index contributed by atoms with van der Waals surface area (Å²) in [6.45, 7) is 4.15. The van der Waals surface area contributed by atoms with E-state index in [2.05, 4.69) is 6.58 Å². The van der Waals surface area contributed by atoms with Gasteiger partial charge in [-0.1, -0.05) is 6.58 Å². The number of carbonyl (C=O) groups is 2. The van der Waals surface area contributed by atoms with Crippen molar-refractivity contribution in [1.29, 1.82) is 0 Å². The molecule has 0 aliphatic heterocycles. The number of nitrogen functional groups attached to an aromatic ring is 1. The lowest BCUT2D eigenvalue weighted by molar-refractivity contribution is -0.137. The van der Waals surface area contributed by atoms with Gasteiger partial charge >= 0.3 is 11.9 Å². The smallest absolute Gasteiger partial charge is 0.343 e. The molecule has 26 heavy (non-hydrogen) atoms. The van der Waals surface area contributed by atoms with Gasteiger partial charge < -0.3 is 19.9 Å². The third-order valence-electron chi connectivity index (χ3n) is 3.40. The summed E-state index contributed by atoms with van der Waals surface area (Å²) in [6, 6.07) is 13.3. The van der Waals surface area contributed by atoms with Crippen molar-refractivity contribution in [2.45, 2.75) is 12.8 Å². The lowest BCUT2D eigenvalue weighted by Gasteiger charge is -2.08. The number of hydrogen-bond acceptors (Lipinski definition) is 6. The second kappa shape index (κ2) is 9.88. The Morgan fingerprint density at radius 1 is 0.923 bits per heavy atom. The molecule has 0 fully saturated rings. The second-order valence-electron chi connectivity index (χ2n) is 5.41. The van der Waals surface area contributed by atoms with Gasteiger partial charge in [0.25, 0.3) is 0 Å². The number of carbonyl (C=O) groups excluding carboxylic acids is 2. The molecular formula is C20H21NO5. The summed E-state index contributed by atoms with van der Waals surface area (Å²) >= 11 is 0. The Bertz CT molecular complexity index is 738. The van der Waals surface area contributed by atoms with Gasteiger partial charge in [-0.25, -0.2) is 9.59 Å². The van der Waals surface area contributed by atoms with Gasteiger partial charge in [-0.3, -0.25) is 0 Å². The van der Waals surface area contributed by atoms with E-state index in [-0.39, 0.29) is 0 Å². The van der Waals surface area contributed by atoms with E-state index >= 15 is 0 Å². The number of ether oxygens (including phenoxy) is 3. The maximum absolute atomic E-state index is 12.1. The molecule has 0 atom stereocenters. The van der Waals surface area contributed by atoms with E-state index in [0.29, 0.717) is 42.4 Å². The first-order valence-electron chi connectivity index (χ1n) is 8.18. The first-order chi connectivity index (χ1) is 12.6. The molecule has 0 radical (unpaired) electrons. The molecule has 6 heteroatoms. The number of esters is 2. The van der Waals surface area contributed by atoms with Gasteiger partial charge in [0.15, 0.2) is 0 Å². The minimum atomic E-state index is -0.453. The number of benzene rings is 2. The van der Waals surface area contributed by atoms with Crippen molar-refractivity contribution in [3.05, 3.63) is 66.7 Å². The van der Waals surface area contributed by atoms with E-state index in [0.717, 1.165) is 12.5 Å². The molecule has 0 unspecified atom stereocenters. The van der Waals surface area contributed by atoms with Crippen LogP contribution in [0.2, 0.25) is 0 Å². The summed E-state index contributed by atoms with van der Waals surface area (Å²) in [4.78, 5) is 22.9. The fourth-order valence-corrected chi connectivity index (χ4v) is 2.01. The fraction of sp³-hybridized carbons (Fsp3) is 0.200. The van der Waals surface area contributed by atoms with E-state index in [1.807, 2.05) is 0 Å². The van der Waals surface area contributed by atoms with Gasteiger partial charge in [-0.15, -0.1) is 0 Å². The van der Waals surface area contributed by atoms with Crippen LogP contribution >= 0.6 is 0 Å². The number of anilines is 1. The summed E-state index contributed by atoms with van der Waals surface area (Å²) < 4.78 is 15.7. The van der Waals surface area contributed by atoms with Gasteiger partial charge in [-0.2, -0.15) is 0 Å². The topological polar surface area (TPSA) is 87.8 Å². The molecular weight excluding hydrogens is 334 g/mol. The van der Waals surface area contributed by atoms with E-state index in [9.17, 15) is 9.59 Å². The van der Waals surface area contributed by atoms with Crippen molar-refractivity contribution >= 4 is 17.6 Å². The van der Waals surface area contributed by atoms with Crippen molar-refractivity contribution in [2.75, 3.05) is 18.9 Å². The average molecular weight is 355 g/mol. The highest BCUT2D eigenvalue weighted by atomic mass is 16.5. The number of hydrogen-bond donors (Lipinski definition) is 1. The summed E-state index contributed by atoms with van der Waals surface area (Å²) in [6.07, 6.45) is 2.58. The molecule has 2 aromatic rings. The zero-order valence-corrected chi connectivity index (χ0v) is 14.4. The minimum Gasteiger partial charge on any atom is -0.494 e. The van der Waals surface area contributed by atoms with Crippen LogP contribution in [-0.4, -0.2) is 25.2 Å². The van der Waals surface area contributed by atoms with Gasteiger partial charge in [0.1, 0.15) is 11.5 Å². The molecule has 0 heterocycles. The highest BCUT2D eigenvalue weighted by Gasteiger charge is 2.08. The van der Waals surface area contributed by atoms with Crippen LogP contribution in [0.4, 0.5) is 5.69 Å². The summed E-state index contributed by atoms with van der Waals surface area (Å²) in [7, 11) is 0. The SMILES string of the molecule is C=CC(=O)OCCCCOc1ccc(C(=O)Oc2ccc(N)cc2)cc1. The van der Waals surface area contributed by atoms with Crippen LogP contribution in [0.15, 0.2) is 61.2 Å². The van der Waals surface area contributed by atoms with Crippen LogP contribution in [0.3, 0.4) is 0 Å². The molecule has 0 amide bonds. The minimum absolute atomic E-state index is 0.337. The predicted molar refractivity (Wildman–Crippen MR) is 98.1 cm³/mol. The fourth-order valence-electron chi connectivity index (χ4n) is 2.01. The molecule has 0 saturated heterocycles. The van der Waals surface area contributed by atoms with Gasteiger partial charge in [0, 0.05) is 11.8 Å². The van der Waals surface area contributed by atoms with Crippen LogP contribution in [-0.2, 0) is 9.53 Å². The molecule has 0 aliphatic carbocycles. The Morgan fingerprint density at radius 3 is 2.19 bits per heavy atom. The molecule has 0 spiro atoms. The van der Waals surface area contributed by atoms with Crippen molar-refractivity contribution < 1.29 is 23.8 Å². The maximum Gasteiger partial charge on any atom is 0.343 e. The highest BCUT2D eigenvalue weighted by molar-refractivity contribution is 5.91. The lowest BCUT2D eigenvalue weighted by atomic mass is 10.2. The van der Waals surface area contributed by atoms with Crippen LogP contribution in [0, 0.1) is 0 Å². The lowest BCUT2D eigenvalue weighted by Crippen LogP contribution is -2.08. The molecule has 2 aromatic carbocycles. The van der Waals surface area contributed by atoms with Crippen molar-refractivity contribution in [3.63, 3.8) is 0 Å². The van der Waals surface area contributed by atoms with Crippen LogP contribution in [0.25, 0.3) is 0 Å². The average Bonchev–Trinajstić information content (AvgIpc) is 2.66. The summed E-state index contributed by atoms with van der Waals surface area (Å²) in [5.41, 5.74) is 6.62. The van der Waals surface area contributed by atoms with Gasteiger partial charge in [-0.05, 0) is 61.4 Å². The molecule has 2 N–H and O–H groups in total. The quantitative estimate of drug-likeness (QED) is 0.244. The normalized spacial score (nSPS) is 10.0. The van der Waals surface area contributed by atoms with Crippen LogP contribution in [0.5, 0.6) is 11.5 Å². The Hall–Kier alpha value is -3.28. The molecule has 6 nitrogen and oxygen atoms in total. The van der Waals surface area contributed by atoms with Gasteiger partial charge in [0.2, 0.25) is 0 Å². The van der Waals surface area contributed by atoms with E-state index in [4.69, 9.17) is 19.9 Å². The molecule has 2 rings (SSSR count). The van der Waals surface area contributed by atoms with Gasteiger partial charge in [0.05, 0.1) is 18.8 Å². The number of nitrogens with two attached hydrogens (primary N) is 1. The largest absolute Gasteiger partial charge is 0.494 e. The Morgan fingerprint density at radius 2 is 1.54 bits per heavy atom. The molecule has 136 valence electrons. The Kier molecular flexibility index (Phi) is 7.24. The molecule has 0 bridgehead atoms. The zero-order valence-electron chi connectivity index (χ0n) is 14.4. The predicted octanol–water partition coefficient (Wildman–Crippen LogP) is 3.38. The van der Waals surface area contributed by atoms with E-state index < -0.39 is 11.9 Å². The van der Waals surface area contributed by atoms with E-state index in [1.54, 1.807) is 48.5 Å². The van der Waals surface area contributed by atoms with Crippen molar-refractivity contribution in [2.24, 2.45) is 0 Å². The molecule has 0 aromatic heterocycles. The number of unbranched alkanes of at least 4 members (excludes halogenated alkanes) is 1. The van der Waals surface area contributed by atoms with Crippen molar-refractivity contribution in [1.82, 2.24) is 0 Å². The van der Waals surface area contributed by atoms with Crippen LogP contribution < -0.4 is 15.2 Å². The first kappa shape index (κ1) is 19.1. The molecule has 0 saturated carbocycles. The monoisotopic (exact) mass is 355 g/mol. The van der Waals surface area contributed by atoms with Crippen LogP contribution in [0.1, 0.15) is 23.2 Å². The van der Waals surface area contributed by atoms with Crippen molar-refractivity contribution in [3.8, 4) is 11.5 Å². The highest BCUT2D eigenvalue weighted by Crippen LogP contribution is 2.17. The third-order valence-corrected chi connectivity index (χ3v) is 3.40. The number of rotatable bonds is 9.